The van der Waals surface area contributed by atoms with Crippen LogP contribution in [-0.2, 0) is 20.9 Å². The normalized spacial score (nSPS) is 25.6. The highest BCUT2D eigenvalue weighted by Crippen LogP contribution is 2.21. The first-order valence-electron chi connectivity index (χ1n) is 11.3. The topological polar surface area (TPSA) is 91.0 Å². The lowest BCUT2D eigenvalue weighted by Gasteiger charge is -2.46. The second-order valence-corrected chi connectivity index (χ2v) is 8.77. The van der Waals surface area contributed by atoms with E-state index in [1.54, 1.807) is 16.7 Å². The maximum Gasteiger partial charge on any atom is 0.317 e. The zero-order chi connectivity index (χ0) is 21.8. The van der Waals surface area contributed by atoms with E-state index in [1.807, 2.05) is 30.3 Å². The van der Waals surface area contributed by atoms with Gasteiger partial charge >= 0.3 is 6.03 Å². The summed E-state index contributed by atoms with van der Waals surface area (Å²) in [5, 5.41) is 5.93. The molecule has 0 unspecified atom stereocenters. The van der Waals surface area contributed by atoms with Crippen molar-refractivity contribution in [2.75, 3.05) is 19.6 Å². The molecule has 3 fully saturated rings. The molecule has 4 amide bonds. The van der Waals surface area contributed by atoms with Crippen LogP contribution in [-0.4, -0.2) is 71.5 Å². The van der Waals surface area contributed by atoms with E-state index in [1.165, 1.54) is 6.42 Å². The Morgan fingerprint density at radius 2 is 1.90 bits per heavy atom. The van der Waals surface area contributed by atoms with E-state index in [2.05, 4.69) is 10.6 Å². The van der Waals surface area contributed by atoms with Crippen LogP contribution in [0.25, 0.3) is 0 Å². The molecular weight excluding hydrogens is 396 g/mol. The summed E-state index contributed by atoms with van der Waals surface area (Å²) >= 11 is 0. The van der Waals surface area contributed by atoms with Crippen LogP contribution in [0.3, 0.4) is 0 Å². The molecule has 1 aliphatic carbocycles. The van der Waals surface area contributed by atoms with Crippen molar-refractivity contribution in [2.24, 2.45) is 0 Å². The van der Waals surface area contributed by atoms with Gasteiger partial charge in [0, 0.05) is 19.1 Å². The predicted molar refractivity (Wildman–Crippen MR) is 115 cm³/mol. The molecule has 4 rings (SSSR count). The highest BCUT2D eigenvalue weighted by Gasteiger charge is 2.46. The summed E-state index contributed by atoms with van der Waals surface area (Å²) in [6, 6.07) is 8.46. The number of benzene rings is 1. The summed E-state index contributed by atoms with van der Waals surface area (Å²) in [4.78, 5) is 41.8. The number of rotatable bonds is 5. The summed E-state index contributed by atoms with van der Waals surface area (Å²) in [5.41, 5.74) is 1.01. The van der Waals surface area contributed by atoms with Gasteiger partial charge in [-0.25, -0.2) is 4.79 Å². The van der Waals surface area contributed by atoms with E-state index in [4.69, 9.17) is 4.74 Å². The molecule has 31 heavy (non-hydrogen) atoms. The molecule has 2 N–H and O–H groups in total. The molecule has 0 bridgehead atoms. The molecule has 8 heteroatoms. The number of hydrogen-bond donors (Lipinski definition) is 2. The van der Waals surface area contributed by atoms with Crippen molar-refractivity contribution in [1.29, 1.82) is 0 Å². The Kier molecular flexibility index (Phi) is 6.75. The number of carbonyl (C=O) groups is 3. The van der Waals surface area contributed by atoms with Crippen LogP contribution in [0, 0.1) is 0 Å². The van der Waals surface area contributed by atoms with E-state index < -0.39 is 18.2 Å². The molecule has 2 saturated heterocycles. The molecule has 0 spiro atoms. The lowest BCUT2D eigenvalue weighted by atomic mass is 9.95. The SMILES string of the molecule is C[C@@H](OCc1ccccc1)[C@@H]1NC(=O)[C@H]2CN(C(=O)NC3CCCCC3)CCN2C1=O. The second kappa shape index (κ2) is 9.68. The number of urea groups is 1. The Balaban J connectivity index is 1.32. The molecular formula is C23H32N4O4. The Morgan fingerprint density at radius 3 is 2.65 bits per heavy atom. The van der Waals surface area contributed by atoms with Crippen molar-refractivity contribution in [3.05, 3.63) is 35.9 Å². The monoisotopic (exact) mass is 428 g/mol. The maximum absolute atomic E-state index is 13.1. The molecule has 0 aromatic heterocycles. The number of nitrogens with one attached hydrogen (secondary N) is 2. The van der Waals surface area contributed by atoms with Crippen molar-refractivity contribution in [1.82, 2.24) is 20.4 Å². The molecule has 3 aliphatic rings. The number of ether oxygens (including phenoxy) is 1. The van der Waals surface area contributed by atoms with Crippen LogP contribution < -0.4 is 10.6 Å². The van der Waals surface area contributed by atoms with Crippen LogP contribution in [0.4, 0.5) is 4.79 Å². The number of nitrogens with zero attached hydrogens (tertiary/aromatic N) is 2. The van der Waals surface area contributed by atoms with Crippen molar-refractivity contribution in [3.63, 3.8) is 0 Å². The van der Waals surface area contributed by atoms with Gasteiger partial charge in [0.15, 0.2) is 0 Å². The molecule has 1 saturated carbocycles. The Bertz CT molecular complexity index is 796. The zero-order valence-corrected chi connectivity index (χ0v) is 18.1. The van der Waals surface area contributed by atoms with Crippen molar-refractivity contribution in [3.8, 4) is 0 Å². The smallest absolute Gasteiger partial charge is 0.317 e. The highest BCUT2D eigenvalue weighted by atomic mass is 16.5. The van der Waals surface area contributed by atoms with Gasteiger partial charge in [0.1, 0.15) is 12.1 Å². The fraction of sp³-hybridized carbons (Fsp3) is 0.609. The Hall–Kier alpha value is -2.61. The third kappa shape index (κ3) is 5.01. The van der Waals surface area contributed by atoms with Crippen molar-refractivity contribution < 1.29 is 19.1 Å². The first-order chi connectivity index (χ1) is 15.0. The fourth-order valence-corrected chi connectivity index (χ4v) is 4.67. The minimum Gasteiger partial charge on any atom is -0.371 e. The number of carbonyl (C=O) groups excluding carboxylic acids is 3. The molecule has 1 aromatic carbocycles. The van der Waals surface area contributed by atoms with Crippen molar-refractivity contribution >= 4 is 17.8 Å². The predicted octanol–water partition coefficient (Wildman–Crippen LogP) is 1.65. The van der Waals surface area contributed by atoms with Crippen LogP contribution in [0.5, 0.6) is 0 Å². The van der Waals surface area contributed by atoms with E-state index in [-0.39, 0.29) is 30.4 Å². The molecule has 2 heterocycles. The third-order valence-electron chi connectivity index (χ3n) is 6.58. The van der Waals surface area contributed by atoms with Gasteiger partial charge in [-0.3, -0.25) is 9.59 Å². The largest absolute Gasteiger partial charge is 0.371 e. The van der Waals surface area contributed by atoms with Gasteiger partial charge in [0.2, 0.25) is 11.8 Å². The van der Waals surface area contributed by atoms with Crippen molar-refractivity contribution in [2.45, 2.75) is 69.9 Å². The van der Waals surface area contributed by atoms with E-state index >= 15 is 0 Å². The van der Waals surface area contributed by atoms with Gasteiger partial charge in [0.25, 0.3) is 0 Å². The van der Waals surface area contributed by atoms with Crippen LogP contribution in [0.15, 0.2) is 30.3 Å². The van der Waals surface area contributed by atoms with Crippen LogP contribution in [0.1, 0.15) is 44.6 Å². The summed E-state index contributed by atoms with van der Waals surface area (Å²) in [7, 11) is 0. The minimum atomic E-state index is -0.713. The zero-order valence-electron chi connectivity index (χ0n) is 18.1. The standard InChI is InChI=1S/C23H32N4O4/c1-16(31-15-17-8-4-2-5-9-17)20-22(29)27-13-12-26(14-19(27)21(28)25-20)23(30)24-18-10-6-3-7-11-18/h2,4-5,8-9,16,18-20H,3,6-7,10-15H2,1H3,(H,24,30)(H,25,28)/t16-,19-,20+/m1/s1. The van der Waals surface area contributed by atoms with E-state index in [9.17, 15) is 14.4 Å². The number of hydrogen-bond acceptors (Lipinski definition) is 4. The van der Waals surface area contributed by atoms with E-state index in [0.717, 1.165) is 31.2 Å². The summed E-state index contributed by atoms with van der Waals surface area (Å²) < 4.78 is 5.87. The molecule has 168 valence electrons. The van der Waals surface area contributed by atoms with E-state index in [0.29, 0.717) is 19.7 Å². The fourth-order valence-electron chi connectivity index (χ4n) is 4.67. The number of piperazine rings is 2. The molecule has 2 aliphatic heterocycles. The minimum absolute atomic E-state index is 0.131. The summed E-state index contributed by atoms with van der Waals surface area (Å²) in [5.74, 6) is -0.368. The summed E-state index contributed by atoms with van der Waals surface area (Å²) in [6.07, 6.45) is 5.08. The average Bonchev–Trinajstić information content (AvgIpc) is 2.81. The van der Waals surface area contributed by atoms with Gasteiger partial charge in [-0.15, -0.1) is 0 Å². The number of fused-ring (bicyclic) bond motifs is 1. The van der Waals surface area contributed by atoms with Crippen LogP contribution >= 0.6 is 0 Å². The Morgan fingerprint density at radius 1 is 1.16 bits per heavy atom. The maximum atomic E-state index is 13.1. The van der Waals surface area contributed by atoms with Crippen LogP contribution in [0.2, 0.25) is 0 Å². The summed E-state index contributed by atoms with van der Waals surface area (Å²) in [6.45, 7) is 3.19. The molecule has 1 aromatic rings. The lowest BCUT2D eigenvalue weighted by Crippen LogP contribution is -2.72. The lowest BCUT2D eigenvalue weighted by molar-refractivity contribution is -0.156. The molecule has 3 atom stereocenters. The van der Waals surface area contributed by atoms with Gasteiger partial charge in [-0.1, -0.05) is 49.6 Å². The van der Waals surface area contributed by atoms with Gasteiger partial charge < -0.3 is 25.2 Å². The molecule has 8 nitrogen and oxygen atoms in total. The molecule has 0 radical (unpaired) electrons. The first-order valence-corrected chi connectivity index (χ1v) is 11.3. The van der Waals surface area contributed by atoms with Gasteiger partial charge in [-0.05, 0) is 25.3 Å². The van der Waals surface area contributed by atoms with Gasteiger partial charge in [-0.2, -0.15) is 0 Å². The quantitative estimate of drug-likeness (QED) is 0.746. The van der Waals surface area contributed by atoms with Gasteiger partial charge in [0.05, 0.1) is 19.3 Å². The number of amides is 4. The average molecular weight is 429 g/mol. The second-order valence-electron chi connectivity index (χ2n) is 8.77. The first kappa shape index (κ1) is 21.6. The highest BCUT2D eigenvalue weighted by molar-refractivity contribution is 5.98. The Labute approximate surface area is 183 Å². The third-order valence-corrected chi connectivity index (χ3v) is 6.58.